The molecule has 0 spiro atoms. The van der Waals surface area contributed by atoms with Crippen LogP contribution >= 0.6 is 0 Å². The maximum Gasteiger partial charge on any atom is 0.456 e. The topological polar surface area (TPSA) is 29.5 Å². The Hall–Kier alpha value is -1.13. The first-order chi connectivity index (χ1) is 11.9. The summed E-state index contributed by atoms with van der Waals surface area (Å²) in [6, 6.07) is 0. The average Bonchev–Trinajstić information content (AvgIpc) is 2.38. The number of hydrogen-bond donors (Lipinski definition) is 1. The number of rotatable bonds is 7. The fourth-order valence-corrected chi connectivity index (χ4v) is 1.84. The van der Waals surface area contributed by atoms with Gasteiger partial charge < -0.3 is 9.84 Å². The molecular weight excluding hydrogens is 449 g/mol. The summed E-state index contributed by atoms with van der Waals surface area (Å²) >= 11 is 0. The van der Waals surface area contributed by atoms with Crippen molar-refractivity contribution in [3.05, 3.63) is 0 Å². The molecule has 1 atom stereocenters. The second-order valence-corrected chi connectivity index (χ2v) is 5.38. The van der Waals surface area contributed by atoms with E-state index in [0.717, 1.165) is 0 Å². The van der Waals surface area contributed by atoms with Crippen molar-refractivity contribution in [1.29, 1.82) is 0 Å². The zero-order valence-electron chi connectivity index (χ0n) is 13.0. The minimum absolute atomic E-state index is 0.622. The molecule has 0 rings (SSSR count). The van der Waals surface area contributed by atoms with Gasteiger partial charge in [-0.2, -0.15) is 65.9 Å². The molecule has 0 aliphatic heterocycles. The van der Waals surface area contributed by atoms with Crippen molar-refractivity contribution in [2.75, 3.05) is 6.61 Å². The van der Waals surface area contributed by atoms with Crippen LogP contribution in [-0.4, -0.2) is 59.7 Å². The summed E-state index contributed by atoms with van der Waals surface area (Å²) in [5.74, 6) is -24.2. The summed E-state index contributed by atoms with van der Waals surface area (Å²) < 4.78 is 196. The molecule has 0 heterocycles. The molecular formula is C11H9F15O2. The van der Waals surface area contributed by atoms with Crippen LogP contribution in [0.15, 0.2) is 0 Å². The van der Waals surface area contributed by atoms with E-state index in [1.54, 1.807) is 0 Å². The van der Waals surface area contributed by atoms with E-state index in [4.69, 9.17) is 5.11 Å². The van der Waals surface area contributed by atoms with Gasteiger partial charge in [-0.1, -0.05) is 0 Å². The fraction of sp³-hybridized carbons (Fsp3) is 1.00. The van der Waals surface area contributed by atoms with Gasteiger partial charge in [0.2, 0.25) is 0 Å². The molecule has 0 aromatic heterocycles. The summed E-state index contributed by atoms with van der Waals surface area (Å²) in [4.78, 5) is 0. The SMILES string of the molecule is CC(O)CCOC(C(F)(F)C(F)(F)F)(C(F)(F)C(F)(F)F)C(F)(F)C(F)(F)F. The van der Waals surface area contributed by atoms with Crippen molar-refractivity contribution < 1.29 is 75.7 Å². The van der Waals surface area contributed by atoms with Gasteiger partial charge >= 0.3 is 36.3 Å². The molecule has 0 aliphatic carbocycles. The third kappa shape index (κ3) is 3.95. The monoisotopic (exact) mass is 458 g/mol. The lowest BCUT2D eigenvalue weighted by Crippen LogP contribution is -2.81. The molecule has 0 bridgehead atoms. The number of ether oxygens (including phenoxy) is 1. The largest absolute Gasteiger partial charge is 0.456 e. The highest BCUT2D eigenvalue weighted by atomic mass is 19.4. The van der Waals surface area contributed by atoms with Gasteiger partial charge in [-0.15, -0.1) is 0 Å². The van der Waals surface area contributed by atoms with Gasteiger partial charge in [0.05, 0.1) is 12.7 Å². The Balaban J connectivity index is 7.26. The van der Waals surface area contributed by atoms with E-state index < -0.39 is 61.0 Å². The molecule has 0 aromatic carbocycles. The quantitative estimate of drug-likeness (QED) is 0.538. The van der Waals surface area contributed by atoms with Gasteiger partial charge in [0, 0.05) is 0 Å². The van der Waals surface area contributed by atoms with Crippen LogP contribution in [0.4, 0.5) is 65.9 Å². The first-order valence-corrected chi connectivity index (χ1v) is 6.57. The van der Waals surface area contributed by atoms with Gasteiger partial charge in [-0.05, 0) is 13.3 Å². The lowest BCUT2D eigenvalue weighted by Gasteiger charge is -2.48. The molecule has 28 heavy (non-hydrogen) atoms. The van der Waals surface area contributed by atoms with Crippen LogP contribution in [0.5, 0.6) is 0 Å². The number of aliphatic hydroxyl groups is 1. The number of aliphatic hydroxyl groups excluding tert-OH is 1. The molecule has 1 N–H and O–H groups in total. The minimum atomic E-state index is -8.07. The van der Waals surface area contributed by atoms with Crippen molar-refractivity contribution in [1.82, 2.24) is 0 Å². The Morgan fingerprint density at radius 1 is 0.607 bits per heavy atom. The molecule has 2 nitrogen and oxygen atoms in total. The Morgan fingerprint density at radius 2 is 0.857 bits per heavy atom. The maximum absolute atomic E-state index is 13.6. The molecule has 0 saturated carbocycles. The second-order valence-electron chi connectivity index (χ2n) is 5.38. The minimum Gasteiger partial charge on any atom is -0.393 e. The highest BCUT2D eigenvalue weighted by molar-refractivity contribution is 5.19. The number of alkyl halides is 15. The summed E-state index contributed by atoms with van der Waals surface area (Å²) in [7, 11) is 0. The zero-order valence-corrected chi connectivity index (χ0v) is 13.0. The smallest absolute Gasteiger partial charge is 0.393 e. The van der Waals surface area contributed by atoms with Gasteiger partial charge in [0.15, 0.2) is 0 Å². The van der Waals surface area contributed by atoms with Crippen molar-refractivity contribution in [3.63, 3.8) is 0 Å². The third-order valence-electron chi connectivity index (χ3n) is 3.25. The predicted molar refractivity (Wildman–Crippen MR) is 58.0 cm³/mol. The molecule has 0 saturated heterocycles. The zero-order chi connectivity index (χ0) is 23.2. The Labute approximate surface area is 145 Å². The van der Waals surface area contributed by atoms with Crippen LogP contribution in [-0.2, 0) is 4.74 Å². The molecule has 0 aromatic rings. The van der Waals surface area contributed by atoms with E-state index in [1.165, 1.54) is 0 Å². The Bertz CT molecular complexity index is 463. The van der Waals surface area contributed by atoms with Crippen LogP contribution in [0.25, 0.3) is 0 Å². The summed E-state index contributed by atoms with van der Waals surface area (Å²) in [6.07, 6.45) is -26.7. The van der Waals surface area contributed by atoms with E-state index in [0.29, 0.717) is 6.92 Å². The normalized spacial score (nSPS) is 17.0. The summed E-state index contributed by atoms with van der Waals surface area (Å²) in [6.45, 7) is -1.75. The maximum atomic E-state index is 13.6. The lowest BCUT2D eigenvalue weighted by molar-refractivity contribution is -0.494. The van der Waals surface area contributed by atoms with Gasteiger partial charge in [-0.25, -0.2) is 0 Å². The molecule has 17 heteroatoms. The Morgan fingerprint density at radius 3 is 1.04 bits per heavy atom. The van der Waals surface area contributed by atoms with Crippen LogP contribution in [0.3, 0.4) is 0 Å². The molecule has 170 valence electrons. The van der Waals surface area contributed by atoms with Crippen molar-refractivity contribution in [2.45, 2.75) is 61.3 Å². The van der Waals surface area contributed by atoms with Crippen LogP contribution in [0.1, 0.15) is 13.3 Å². The highest BCUT2D eigenvalue weighted by Crippen LogP contribution is 2.65. The number of hydrogen-bond acceptors (Lipinski definition) is 2. The van der Waals surface area contributed by atoms with E-state index in [-0.39, 0.29) is 0 Å². The van der Waals surface area contributed by atoms with E-state index >= 15 is 0 Å². The highest BCUT2D eigenvalue weighted by Gasteiger charge is 2.97. The van der Waals surface area contributed by atoms with Gasteiger partial charge in [-0.3, -0.25) is 0 Å². The van der Waals surface area contributed by atoms with Crippen molar-refractivity contribution in [3.8, 4) is 0 Å². The van der Waals surface area contributed by atoms with Crippen molar-refractivity contribution in [2.24, 2.45) is 0 Å². The third-order valence-corrected chi connectivity index (χ3v) is 3.25. The molecule has 0 amide bonds. The van der Waals surface area contributed by atoms with E-state index in [9.17, 15) is 65.9 Å². The first kappa shape index (κ1) is 26.9. The summed E-state index contributed by atoms with van der Waals surface area (Å²) in [5, 5.41) is 8.73. The second kappa shape index (κ2) is 7.28. The predicted octanol–water partition coefficient (Wildman–Crippen LogP) is 5.11. The standard InChI is InChI=1S/C11H9F15O2/c1-4(27)2-3-28-5(6(12,13)9(18,19)20,7(14,15)10(21,22)23)8(16,17)11(24,25)26/h4,27H,2-3H2,1H3. The van der Waals surface area contributed by atoms with Crippen LogP contribution < -0.4 is 0 Å². The average molecular weight is 458 g/mol. The van der Waals surface area contributed by atoms with E-state index in [2.05, 4.69) is 4.74 Å². The summed E-state index contributed by atoms with van der Waals surface area (Å²) in [5.41, 5.74) is -7.81. The molecule has 0 fully saturated rings. The van der Waals surface area contributed by atoms with Gasteiger partial charge in [0.1, 0.15) is 0 Å². The van der Waals surface area contributed by atoms with Crippen LogP contribution in [0, 0.1) is 0 Å². The van der Waals surface area contributed by atoms with Crippen molar-refractivity contribution >= 4 is 0 Å². The van der Waals surface area contributed by atoms with Gasteiger partial charge in [0.25, 0.3) is 5.60 Å². The fourth-order valence-electron chi connectivity index (χ4n) is 1.84. The Kier molecular flexibility index (Phi) is 6.99. The van der Waals surface area contributed by atoms with E-state index in [1.807, 2.05) is 0 Å². The molecule has 1 unspecified atom stereocenters. The van der Waals surface area contributed by atoms with Crippen LogP contribution in [0.2, 0.25) is 0 Å². The first-order valence-electron chi connectivity index (χ1n) is 6.57. The molecule has 0 radical (unpaired) electrons. The number of halogens is 15. The molecule has 0 aliphatic rings. The lowest BCUT2D eigenvalue weighted by atomic mass is 9.79.